The molecule has 0 amide bonds. The second kappa shape index (κ2) is 6.43. The monoisotopic (exact) mass is 261 g/mol. The standard InChI is InChI=1S/C18H31N/c1-2-13-19-18(14-9-5-3-4-6-10-14)17-15-11-7-8-12-16(15)17/h9,15-19H,2-8,10-13H2,1H3. The highest BCUT2D eigenvalue weighted by molar-refractivity contribution is 5.20. The minimum absolute atomic E-state index is 0.742. The molecule has 1 N–H and O–H groups in total. The van der Waals surface area contributed by atoms with E-state index in [1.54, 1.807) is 5.57 Å². The minimum Gasteiger partial charge on any atom is -0.310 e. The quantitative estimate of drug-likeness (QED) is 0.708. The molecule has 0 radical (unpaired) electrons. The molecule has 3 rings (SSSR count). The maximum atomic E-state index is 3.92. The summed E-state index contributed by atoms with van der Waals surface area (Å²) in [5.74, 6) is 3.15. The Morgan fingerprint density at radius 3 is 2.63 bits per heavy atom. The first-order chi connectivity index (χ1) is 9.42. The lowest BCUT2D eigenvalue weighted by atomic mass is 9.95. The van der Waals surface area contributed by atoms with Gasteiger partial charge in [-0.25, -0.2) is 0 Å². The number of rotatable bonds is 5. The van der Waals surface area contributed by atoms with Crippen LogP contribution in [0.25, 0.3) is 0 Å². The Hall–Kier alpha value is -0.300. The summed E-state index contributed by atoms with van der Waals surface area (Å²) < 4.78 is 0. The smallest absolute Gasteiger partial charge is 0.0313 e. The van der Waals surface area contributed by atoms with Crippen molar-refractivity contribution in [3.8, 4) is 0 Å². The molecule has 0 aliphatic heterocycles. The molecule has 1 nitrogen and oxygen atoms in total. The third kappa shape index (κ3) is 3.07. The number of hydrogen-bond donors (Lipinski definition) is 1. The normalized spacial score (nSPS) is 36.1. The highest BCUT2D eigenvalue weighted by Gasteiger charge is 2.54. The van der Waals surface area contributed by atoms with E-state index < -0.39 is 0 Å². The van der Waals surface area contributed by atoms with E-state index in [0.717, 1.165) is 23.8 Å². The fraction of sp³-hybridized carbons (Fsp3) is 0.889. The molecule has 3 aliphatic carbocycles. The Morgan fingerprint density at radius 1 is 1.11 bits per heavy atom. The molecule has 0 bridgehead atoms. The molecule has 108 valence electrons. The van der Waals surface area contributed by atoms with Gasteiger partial charge in [-0.15, -0.1) is 0 Å². The average Bonchev–Trinajstić information content (AvgIpc) is 3.20. The molecule has 0 saturated heterocycles. The van der Waals surface area contributed by atoms with Gasteiger partial charge in [-0.3, -0.25) is 0 Å². The summed E-state index contributed by atoms with van der Waals surface area (Å²) in [5, 5.41) is 3.92. The topological polar surface area (TPSA) is 12.0 Å². The zero-order valence-electron chi connectivity index (χ0n) is 12.7. The van der Waals surface area contributed by atoms with Crippen molar-refractivity contribution in [2.45, 2.75) is 77.2 Å². The Labute approximate surface area is 119 Å². The van der Waals surface area contributed by atoms with Crippen LogP contribution in [0.4, 0.5) is 0 Å². The van der Waals surface area contributed by atoms with Crippen molar-refractivity contribution >= 4 is 0 Å². The maximum absolute atomic E-state index is 3.92. The third-order valence-corrected chi connectivity index (χ3v) is 5.70. The molecule has 3 atom stereocenters. The van der Waals surface area contributed by atoms with Crippen LogP contribution in [0.1, 0.15) is 71.1 Å². The number of hydrogen-bond acceptors (Lipinski definition) is 1. The highest BCUT2D eigenvalue weighted by Crippen LogP contribution is 2.58. The van der Waals surface area contributed by atoms with Gasteiger partial charge in [-0.2, -0.15) is 0 Å². The van der Waals surface area contributed by atoms with Gasteiger partial charge in [0.05, 0.1) is 0 Å². The zero-order chi connectivity index (χ0) is 13.1. The molecular formula is C18H31N. The molecule has 19 heavy (non-hydrogen) atoms. The van der Waals surface area contributed by atoms with Gasteiger partial charge in [-0.1, -0.05) is 37.8 Å². The van der Waals surface area contributed by atoms with E-state index in [9.17, 15) is 0 Å². The minimum atomic E-state index is 0.742. The Morgan fingerprint density at radius 2 is 1.89 bits per heavy atom. The summed E-state index contributed by atoms with van der Waals surface area (Å²) in [6.07, 6.45) is 16.9. The van der Waals surface area contributed by atoms with E-state index in [0.29, 0.717) is 0 Å². The van der Waals surface area contributed by atoms with E-state index in [1.165, 1.54) is 70.8 Å². The zero-order valence-corrected chi connectivity index (χ0v) is 12.7. The van der Waals surface area contributed by atoms with Crippen molar-refractivity contribution in [2.24, 2.45) is 17.8 Å². The summed E-state index contributed by atoms with van der Waals surface area (Å²) in [6.45, 7) is 3.50. The molecular weight excluding hydrogens is 230 g/mol. The van der Waals surface area contributed by atoms with Crippen LogP contribution in [0, 0.1) is 17.8 Å². The van der Waals surface area contributed by atoms with E-state index in [4.69, 9.17) is 0 Å². The van der Waals surface area contributed by atoms with Gasteiger partial charge in [-0.05, 0) is 69.2 Å². The van der Waals surface area contributed by atoms with Crippen LogP contribution in [0.3, 0.4) is 0 Å². The van der Waals surface area contributed by atoms with E-state index >= 15 is 0 Å². The van der Waals surface area contributed by atoms with Gasteiger partial charge >= 0.3 is 0 Å². The molecule has 0 spiro atoms. The van der Waals surface area contributed by atoms with Crippen LogP contribution in [-0.2, 0) is 0 Å². The summed E-state index contributed by atoms with van der Waals surface area (Å²) >= 11 is 0. The van der Waals surface area contributed by atoms with E-state index in [-0.39, 0.29) is 0 Å². The van der Waals surface area contributed by atoms with E-state index in [2.05, 4.69) is 18.3 Å². The molecule has 1 heteroatoms. The average molecular weight is 261 g/mol. The van der Waals surface area contributed by atoms with Crippen molar-refractivity contribution in [3.63, 3.8) is 0 Å². The van der Waals surface area contributed by atoms with Gasteiger partial charge in [0.1, 0.15) is 0 Å². The van der Waals surface area contributed by atoms with Gasteiger partial charge in [0.25, 0.3) is 0 Å². The molecule has 3 aliphatic rings. The van der Waals surface area contributed by atoms with Gasteiger partial charge < -0.3 is 5.32 Å². The van der Waals surface area contributed by atoms with Gasteiger partial charge in [0.2, 0.25) is 0 Å². The molecule has 3 unspecified atom stereocenters. The van der Waals surface area contributed by atoms with Crippen molar-refractivity contribution < 1.29 is 0 Å². The van der Waals surface area contributed by atoms with Crippen LogP contribution in [0.15, 0.2) is 11.6 Å². The SMILES string of the molecule is CCCNC(C1=CCCCCC1)C1C2CCCCC21. The van der Waals surface area contributed by atoms with Gasteiger partial charge in [0.15, 0.2) is 0 Å². The summed E-state index contributed by atoms with van der Waals surface area (Å²) in [4.78, 5) is 0. The van der Waals surface area contributed by atoms with Crippen molar-refractivity contribution in [3.05, 3.63) is 11.6 Å². The molecule has 0 aromatic rings. The molecule has 2 fully saturated rings. The number of allylic oxidation sites excluding steroid dienone is 1. The van der Waals surface area contributed by atoms with Crippen molar-refractivity contribution in [1.29, 1.82) is 0 Å². The van der Waals surface area contributed by atoms with E-state index in [1.807, 2.05) is 0 Å². The highest BCUT2D eigenvalue weighted by atomic mass is 14.9. The van der Waals surface area contributed by atoms with Crippen molar-refractivity contribution in [2.75, 3.05) is 6.54 Å². The summed E-state index contributed by atoms with van der Waals surface area (Å²) in [5.41, 5.74) is 1.78. The summed E-state index contributed by atoms with van der Waals surface area (Å²) in [7, 11) is 0. The summed E-state index contributed by atoms with van der Waals surface area (Å²) in [6, 6.07) is 0.742. The van der Waals surface area contributed by atoms with Crippen molar-refractivity contribution in [1.82, 2.24) is 5.32 Å². The van der Waals surface area contributed by atoms with Crippen LogP contribution in [0.2, 0.25) is 0 Å². The first-order valence-corrected chi connectivity index (χ1v) is 8.84. The lowest BCUT2D eigenvalue weighted by Gasteiger charge is -2.22. The van der Waals surface area contributed by atoms with Crippen LogP contribution in [0.5, 0.6) is 0 Å². The Balaban J connectivity index is 1.68. The predicted octanol–water partition coefficient (Wildman–Crippen LogP) is 4.68. The van der Waals surface area contributed by atoms with Crippen LogP contribution < -0.4 is 5.32 Å². The molecule has 0 heterocycles. The maximum Gasteiger partial charge on any atom is 0.0313 e. The van der Waals surface area contributed by atoms with Crippen LogP contribution >= 0.6 is 0 Å². The Bertz CT molecular complexity index is 308. The second-order valence-corrected chi connectivity index (χ2v) is 7.00. The largest absolute Gasteiger partial charge is 0.310 e. The molecule has 2 saturated carbocycles. The Kier molecular flexibility index (Phi) is 4.63. The number of nitrogens with one attached hydrogen (secondary N) is 1. The fourth-order valence-corrected chi connectivity index (χ4v) is 4.68. The first kappa shape index (κ1) is 13.7. The van der Waals surface area contributed by atoms with Crippen LogP contribution in [-0.4, -0.2) is 12.6 Å². The second-order valence-electron chi connectivity index (χ2n) is 7.00. The third-order valence-electron chi connectivity index (χ3n) is 5.70. The molecule has 0 aromatic heterocycles. The lowest BCUT2D eigenvalue weighted by Crippen LogP contribution is -2.34. The predicted molar refractivity (Wildman–Crippen MR) is 82.2 cm³/mol. The number of fused-ring (bicyclic) bond motifs is 1. The first-order valence-electron chi connectivity index (χ1n) is 8.84. The molecule has 0 aromatic carbocycles. The lowest BCUT2D eigenvalue weighted by molar-refractivity contribution is 0.466. The van der Waals surface area contributed by atoms with Gasteiger partial charge in [0, 0.05) is 6.04 Å². The fourth-order valence-electron chi connectivity index (χ4n) is 4.68.